The van der Waals surface area contributed by atoms with Crippen molar-refractivity contribution in [2.75, 3.05) is 26.6 Å². The van der Waals surface area contributed by atoms with Gasteiger partial charge in [0.1, 0.15) is 5.69 Å². The van der Waals surface area contributed by atoms with E-state index in [0.717, 1.165) is 0 Å². The summed E-state index contributed by atoms with van der Waals surface area (Å²) >= 11 is 0. The molecular weight excluding hydrogens is 344 g/mol. The van der Waals surface area contributed by atoms with Gasteiger partial charge in [0.2, 0.25) is 11.6 Å². The zero-order valence-corrected chi connectivity index (χ0v) is 14.3. The average molecular weight is 360 g/mol. The first-order chi connectivity index (χ1) is 12.6. The van der Waals surface area contributed by atoms with E-state index < -0.39 is 5.97 Å². The van der Waals surface area contributed by atoms with Crippen LogP contribution in [-0.2, 0) is 4.74 Å². The summed E-state index contributed by atoms with van der Waals surface area (Å²) in [5.41, 5.74) is 6.56. The van der Waals surface area contributed by atoms with Crippen molar-refractivity contribution in [1.82, 2.24) is 25.3 Å². The third-order valence-electron chi connectivity index (χ3n) is 3.48. The molecule has 26 heavy (non-hydrogen) atoms. The van der Waals surface area contributed by atoms with Gasteiger partial charge in [0.25, 0.3) is 0 Å². The number of nitrogens with two attached hydrogens (primary N) is 1. The van der Waals surface area contributed by atoms with E-state index in [4.69, 9.17) is 19.9 Å². The molecule has 0 fully saturated rings. The third kappa shape index (κ3) is 2.90. The van der Waals surface area contributed by atoms with Crippen molar-refractivity contribution in [3.8, 4) is 28.6 Å². The number of aromatic nitrogens is 5. The van der Waals surface area contributed by atoms with Gasteiger partial charge in [-0.15, -0.1) is 5.10 Å². The number of carbonyl (C=O) groups excluding carboxylic acids is 1. The van der Waals surface area contributed by atoms with E-state index in [1.807, 2.05) is 6.92 Å². The number of carbonyl (C=O) groups is 1. The summed E-state index contributed by atoms with van der Waals surface area (Å²) in [6.45, 7) is 2.34. The topological polar surface area (TPSA) is 140 Å². The van der Waals surface area contributed by atoms with Crippen LogP contribution >= 0.6 is 0 Å². The zero-order chi connectivity index (χ0) is 18.7. The van der Waals surface area contributed by atoms with Crippen molar-refractivity contribution in [1.29, 1.82) is 0 Å². The number of esters is 1. The first kappa shape index (κ1) is 17.2. The molecule has 0 saturated heterocycles. The number of ether oxygens (including phenoxy) is 3. The van der Waals surface area contributed by atoms with Crippen LogP contribution in [0.15, 0.2) is 22.8 Å². The maximum absolute atomic E-state index is 12.1. The summed E-state index contributed by atoms with van der Waals surface area (Å²) in [5, 5.41) is 15.0. The van der Waals surface area contributed by atoms with Crippen LogP contribution in [0.25, 0.3) is 17.1 Å². The molecule has 0 aliphatic heterocycles. The van der Waals surface area contributed by atoms with Gasteiger partial charge in [-0.05, 0) is 35.4 Å². The molecule has 0 unspecified atom stereocenters. The molecule has 0 spiro atoms. The number of hydrogen-bond acceptors (Lipinski definition) is 10. The predicted octanol–water partition coefficient (Wildman–Crippen LogP) is 1.09. The molecule has 3 aromatic rings. The van der Waals surface area contributed by atoms with Gasteiger partial charge in [0.15, 0.2) is 17.2 Å². The quantitative estimate of drug-likeness (QED) is 0.635. The van der Waals surface area contributed by atoms with Crippen LogP contribution in [0.3, 0.4) is 0 Å². The molecule has 0 aliphatic rings. The Bertz CT molecular complexity index is 935. The minimum Gasteiger partial charge on any atom is -0.493 e. The fourth-order valence-corrected chi connectivity index (χ4v) is 2.35. The number of nitrogen functional groups attached to an aromatic ring is 1. The van der Waals surface area contributed by atoms with E-state index in [0.29, 0.717) is 29.4 Å². The highest BCUT2D eigenvalue weighted by atomic mass is 16.6. The van der Waals surface area contributed by atoms with Crippen molar-refractivity contribution in [2.45, 2.75) is 6.92 Å². The maximum atomic E-state index is 12.1. The molecule has 2 aromatic heterocycles. The molecule has 0 radical (unpaired) electrons. The molecule has 2 heterocycles. The molecule has 3 rings (SSSR count). The van der Waals surface area contributed by atoms with Crippen LogP contribution in [0, 0.1) is 0 Å². The van der Waals surface area contributed by atoms with E-state index in [1.54, 1.807) is 18.2 Å². The highest BCUT2D eigenvalue weighted by Crippen LogP contribution is 2.34. The first-order valence-corrected chi connectivity index (χ1v) is 7.54. The Morgan fingerprint density at radius 2 is 2.08 bits per heavy atom. The lowest BCUT2D eigenvalue weighted by molar-refractivity contribution is 0.0595. The van der Waals surface area contributed by atoms with E-state index in [2.05, 4.69) is 25.3 Å². The zero-order valence-electron chi connectivity index (χ0n) is 14.3. The van der Waals surface area contributed by atoms with Crippen molar-refractivity contribution >= 4 is 11.8 Å². The number of methoxy groups -OCH3 is 2. The summed E-state index contributed by atoms with van der Waals surface area (Å²) in [6.07, 6.45) is 0. The molecule has 1 aromatic carbocycles. The molecule has 0 saturated carbocycles. The van der Waals surface area contributed by atoms with Crippen LogP contribution in [-0.4, -0.2) is 52.1 Å². The predicted molar refractivity (Wildman–Crippen MR) is 88.1 cm³/mol. The SMILES string of the molecule is CCOc1ccc(-c2c(C(=O)OC)nnn2-c2nonc2N)cc1OC. The van der Waals surface area contributed by atoms with Crippen molar-refractivity contribution in [2.24, 2.45) is 0 Å². The van der Waals surface area contributed by atoms with Gasteiger partial charge in [0, 0.05) is 5.56 Å². The molecule has 0 bridgehead atoms. The third-order valence-corrected chi connectivity index (χ3v) is 3.48. The summed E-state index contributed by atoms with van der Waals surface area (Å²) < 4.78 is 21.5. The highest BCUT2D eigenvalue weighted by molar-refractivity contribution is 5.94. The Kier molecular flexibility index (Phi) is 4.69. The summed E-state index contributed by atoms with van der Waals surface area (Å²) in [6, 6.07) is 5.11. The second kappa shape index (κ2) is 7.09. The summed E-state index contributed by atoms with van der Waals surface area (Å²) in [7, 11) is 2.76. The second-order valence-corrected chi connectivity index (χ2v) is 4.96. The Labute approximate surface area is 147 Å². The Morgan fingerprint density at radius 3 is 2.69 bits per heavy atom. The van der Waals surface area contributed by atoms with Gasteiger partial charge in [-0.1, -0.05) is 5.21 Å². The van der Waals surface area contributed by atoms with Gasteiger partial charge >= 0.3 is 5.97 Å². The van der Waals surface area contributed by atoms with Gasteiger partial charge in [0.05, 0.1) is 20.8 Å². The van der Waals surface area contributed by atoms with Crippen LogP contribution in [0.5, 0.6) is 11.5 Å². The lowest BCUT2D eigenvalue weighted by Crippen LogP contribution is -2.07. The van der Waals surface area contributed by atoms with Gasteiger partial charge in [-0.2, -0.15) is 4.68 Å². The van der Waals surface area contributed by atoms with E-state index in [1.165, 1.54) is 18.9 Å². The van der Waals surface area contributed by atoms with Crippen LogP contribution < -0.4 is 15.2 Å². The highest BCUT2D eigenvalue weighted by Gasteiger charge is 2.26. The standard InChI is InChI=1S/C15H16N6O5/c1-4-25-9-6-5-8(7-10(9)23-2)12-11(15(22)24-3)17-20-21(12)14-13(16)18-26-19-14/h5-7H,4H2,1-3H3,(H2,16,18). The Morgan fingerprint density at radius 1 is 1.27 bits per heavy atom. The molecule has 0 aliphatic carbocycles. The van der Waals surface area contributed by atoms with Gasteiger partial charge in [-0.3, -0.25) is 0 Å². The summed E-state index contributed by atoms with van der Waals surface area (Å²) in [4.78, 5) is 12.1. The Hall–Kier alpha value is -3.63. The molecule has 11 nitrogen and oxygen atoms in total. The number of rotatable bonds is 6. The minimum absolute atomic E-state index is 0.00883. The lowest BCUT2D eigenvalue weighted by Gasteiger charge is -2.11. The number of anilines is 1. The monoisotopic (exact) mass is 360 g/mol. The largest absolute Gasteiger partial charge is 0.493 e. The van der Waals surface area contributed by atoms with E-state index >= 15 is 0 Å². The van der Waals surface area contributed by atoms with Crippen LogP contribution in [0.4, 0.5) is 5.82 Å². The first-order valence-electron chi connectivity index (χ1n) is 7.54. The maximum Gasteiger partial charge on any atom is 0.360 e. The van der Waals surface area contributed by atoms with Crippen molar-refractivity contribution in [3.05, 3.63) is 23.9 Å². The number of nitrogens with zero attached hydrogens (tertiary/aromatic N) is 5. The van der Waals surface area contributed by atoms with Crippen molar-refractivity contribution < 1.29 is 23.6 Å². The second-order valence-electron chi connectivity index (χ2n) is 4.96. The van der Waals surface area contributed by atoms with Crippen LogP contribution in [0.1, 0.15) is 17.4 Å². The molecule has 136 valence electrons. The molecule has 11 heteroatoms. The molecule has 2 N–H and O–H groups in total. The summed E-state index contributed by atoms with van der Waals surface area (Å²) in [5.74, 6) is 0.439. The van der Waals surface area contributed by atoms with E-state index in [-0.39, 0.29) is 17.3 Å². The molecule has 0 atom stereocenters. The van der Waals surface area contributed by atoms with Gasteiger partial charge in [-0.25, -0.2) is 9.42 Å². The smallest absolute Gasteiger partial charge is 0.360 e. The van der Waals surface area contributed by atoms with Crippen LogP contribution in [0.2, 0.25) is 0 Å². The fraction of sp³-hybridized carbons (Fsp3) is 0.267. The van der Waals surface area contributed by atoms with E-state index in [9.17, 15) is 4.79 Å². The average Bonchev–Trinajstić information content (AvgIpc) is 3.27. The number of hydrogen-bond donors (Lipinski definition) is 1. The Balaban J connectivity index is 2.21. The number of benzene rings is 1. The van der Waals surface area contributed by atoms with Crippen molar-refractivity contribution in [3.63, 3.8) is 0 Å². The van der Waals surface area contributed by atoms with Gasteiger partial charge < -0.3 is 19.9 Å². The fourth-order valence-electron chi connectivity index (χ4n) is 2.35. The normalized spacial score (nSPS) is 10.6. The minimum atomic E-state index is -0.672. The molecule has 0 amide bonds. The lowest BCUT2D eigenvalue weighted by atomic mass is 10.1. The molecular formula is C15H16N6O5.